The van der Waals surface area contributed by atoms with Gasteiger partial charge in [0.1, 0.15) is 12.4 Å². The lowest BCUT2D eigenvalue weighted by Gasteiger charge is -2.05. The minimum atomic E-state index is 0.281. The maximum atomic E-state index is 5.79. The smallest absolute Gasteiger partial charge is 0.270 e. The van der Waals surface area contributed by atoms with Gasteiger partial charge in [0.05, 0.1) is 16.6 Å². The van der Waals surface area contributed by atoms with Crippen molar-refractivity contribution in [2.24, 2.45) is 11.5 Å². The zero-order valence-electron chi connectivity index (χ0n) is 15.6. The second kappa shape index (κ2) is 7.43. The van der Waals surface area contributed by atoms with Crippen LogP contribution in [-0.2, 0) is 6.61 Å². The van der Waals surface area contributed by atoms with E-state index in [1.54, 1.807) is 6.07 Å². The Balaban J connectivity index is 1.50. The molecule has 0 aliphatic rings. The van der Waals surface area contributed by atoms with Crippen molar-refractivity contribution in [3.63, 3.8) is 0 Å². The number of amidine groups is 2. The SMILES string of the molecule is NC(=[NH2+])c1ccc(COc2ccc3[nH]c(-c4ccc(C(N)=[NH2+])cc4)nc3n2)cc1. The number of benzene rings is 2. The van der Waals surface area contributed by atoms with Crippen LogP contribution in [0, 0.1) is 0 Å². The number of nitrogens with two attached hydrogens (primary N) is 4. The number of fused-ring (bicyclic) bond motifs is 1. The van der Waals surface area contributed by atoms with Crippen molar-refractivity contribution in [3.05, 3.63) is 77.4 Å². The summed E-state index contributed by atoms with van der Waals surface area (Å²) in [6.07, 6.45) is 0. The minimum absolute atomic E-state index is 0.281. The quantitative estimate of drug-likeness (QED) is 0.215. The molecule has 0 unspecified atom stereocenters. The molecular formula is C21H21N7O+2. The number of aromatic amines is 1. The van der Waals surface area contributed by atoms with E-state index in [-0.39, 0.29) is 11.7 Å². The Hall–Kier alpha value is -4.20. The molecule has 8 nitrogen and oxygen atoms in total. The minimum Gasteiger partial charge on any atom is -0.473 e. The van der Waals surface area contributed by atoms with Crippen LogP contribution in [0.25, 0.3) is 22.6 Å². The lowest BCUT2D eigenvalue weighted by Crippen LogP contribution is -2.46. The van der Waals surface area contributed by atoms with Crippen molar-refractivity contribution in [1.29, 1.82) is 0 Å². The van der Waals surface area contributed by atoms with E-state index in [1.807, 2.05) is 54.6 Å². The maximum absolute atomic E-state index is 5.79. The standard InChI is InChI=1S/C21H19N7O/c22-18(23)13-3-1-12(2-4-13)11-29-17-10-9-16-21(27-17)28-20(26-16)15-7-5-14(6-8-15)19(24)25/h1-10H,11H2,(H3,22,23)(H3,24,25)(H,26,27,28)/p+2. The van der Waals surface area contributed by atoms with Crippen molar-refractivity contribution < 1.29 is 15.6 Å². The van der Waals surface area contributed by atoms with E-state index in [0.29, 0.717) is 24.0 Å². The summed E-state index contributed by atoms with van der Waals surface area (Å²) in [6.45, 7) is 0.374. The van der Waals surface area contributed by atoms with E-state index in [0.717, 1.165) is 27.8 Å². The van der Waals surface area contributed by atoms with Gasteiger partial charge in [-0.15, -0.1) is 0 Å². The highest BCUT2D eigenvalue weighted by Gasteiger charge is 2.09. The van der Waals surface area contributed by atoms with Crippen LogP contribution in [0.2, 0.25) is 0 Å². The summed E-state index contributed by atoms with van der Waals surface area (Å²) in [6, 6.07) is 18.7. The molecule has 2 aromatic carbocycles. The van der Waals surface area contributed by atoms with Gasteiger partial charge in [-0.3, -0.25) is 22.3 Å². The van der Waals surface area contributed by atoms with Crippen LogP contribution in [0.4, 0.5) is 0 Å². The van der Waals surface area contributed by atoms with Gasteiger partial charge in [-0.25, -0.2) is 4.98 Å². The van der Waals surface area contributed by atoms with Gasteiger partial charge in [-0.2, -0.15) is 4.98 Å². The van der Waals surface area contributed by atoms with Crippen molar-refractivity contribution in [3.8, 4) is 17.3 Å². The van der Waals surface area contributed by atoms with Crippen LogP contribution < -0.4 is 27.0 Å². The molecule has 0 aliphatic carbocycles. The molecule has 2 aromatic heterocycles. The summed E-state index contributed by atoms with van der Waals surface area (Å²) in [5.41, 5.74) is 16.0. The van der Waals surface area contributed by atoms with Crippen LogP contribution in [0.5, 0.6) is 5.88 Å². The Kier molecular flexibility index (Phi) is 4.66. The van der Waals surface area contributed by atoms with Crippen molar-refractivity contribution in [1.82, 2.24) is 15.0 Å². The third kappa shape index (κ3) is 3.91. The molecule has 144 valence electrons. The summed E-state index contributed by atoms with van der Waals surface area (Å²) >= 11 is 0. The molecule has 0 radical (unpaired) electrons. The van der Waals surface area contributed by atoms with E-state index in [1.165, 1.54) is 0 Å². The number of nitrogens with zero attached hydrogens (tertiary/aromatic N) is 2. The Labute approximate surface area is 166 Å². The van der Waals surface area contributed by atoms with Crippen LogP contribution in [0.3, 0.4) is 0 Å². The van der Waals surface area contributed by atoms with Crippen LogP contribution >= 0.6 is 0 Å². The highest BCUT2D eigenvalue weighted by Crippen LogP contribution is 2.22. The molecule has 0 amide bonds. The molecular weight excluding hydrogens is 366 g/mol. The van der Waals surface area contributed by atoms with Crippen molar-refractivity contribution in [2.45, 2.75) is 6.61 Å². The third-order valence-electron chi connectivity index (χ3n) is 4.49. The first-order valence-corrected chi connectivity index (χ1v) is 8.95. The number of aromatic nitrogens is 3. The number of hydrogen-bond donors (Lipinski definition) is 5. The van der Waals surface area contributed by atoms with Gasteiger partial charge in [0.2, 0.25) is 5.88 Å². The van der Waals surface area contributed by atoms with Gasteiger partial charge in [-0.1, -0.05) is 24.3 Å². The molecule has 8 heteroatoms. The van der Waals surface area contributed by atoms with Crippen molar-refractivity contribution >= 4 is 22.8 Å². The van der Waals surface area contributed by atoms with Gasteiger partial charge in [0.15, 0.2) is 5.65 Å². The molecule has 4 aromatic rings. The number of hydrogen-bond acceptors (Lipinski definition) is 3. The molecule has 4 rings (SSSR count). The Morgan fingerprint density at radius 2 is 1.45 bits per heavy atom. The summed E-state index contributed by atoms with van der Waals surface area (Å²) in [4.78, 5) is 12.3. The van der Waals surface area contributed by atoms with Crippen LogP contribution in [0.1, 0.15) is 16.7 Å². The fourth-order valence-electron chi connectivity index (χ4n) is 2.86. The van der Waals surface area contributed by atoms with Gasteiger partial charge in [0.25, 0.3) is 11.7 Å². The molecule has 0 fully saturated rings. The fourth-order valence-corrected chi connectivity index (χ4v) is 2.86. The molecule has 29 heavy (non-hydrogen) atoms. The normalized spacial score (nSPS) is 10.8. The number of nitrogens with one attached hydrogen (secondary N) is 1. The van der Waals surface area contributed by atoms with Gasteiger partial charge in [-0.05, 0) is 35.9 Å². The summed E-state index contributed by atoms with van der Waals surface area (Å²) < 4.78 is 5.79. The van der Waals surface area contributed by atoms with E-state index in [4.69, 9.17) is 27.0 Å². The first kappa shape index (κ1) is 18.2. The highest BCUT2D eigenvalue weighted by molar-refractivity contribution is 5.93. The second-order valence-electron chi connectivity index (χ2n) is 6.58. The first-order valence-electron chi connectivity index (χ1n) is 8.95. The largest absolute Gasteiger partial charge is 0.473 e. The average Bonchev–Trinajstić information content (AvgIpc) is 3.16. The summed E-state index contributed by atoms with van der Waals surface area (Å²) in [5.74, 6) is 1.77. The lowest BCUT2D eigenvalue weighted by molar-refractivity contribution is -0.115. The fraction of sp³-hybridized carbons (Fsp3) is 0.0476. The van der Waals surface area contributed by atoms with Gasteiger partial charge < -0.3 is 9.72 Å². The van der Waals surface area contributed by atoms with Crippen LogP contribution in [0.15, 0.2) is 60.7 Å². The van der Waals surface area contributed by atoms with Crippen molar-refractivity contribution in [2.75, 3.05) is 0 Å². The molecule has 0 aliphatic heterocycles. The van der Waals surface area contributed by atoms with E-state index < -0.39 is 0 Å². The predicted octanol–water partition coefficient (Wildman–Crippen LogP) is -0.867. The van der Waals surface area contributed by atoms with Crippen LogP contribution in [-0.4, -0.2) is 26.6 Å². The Bertz CT molecular complexity index is 1190. The zero-order valence-corrected chi connectivity index (χ0v) is 15.6. The molecule has 2 heterocycles. The monoisotopic (exact) mass is 387 g/mol. The average molecular weight is 387 g/mol. The van der Waals surface area contributed by atoms with Gasteiger partial charge >= 0.3 is 0 Å². The highest BCUT2D eigenvalue weighted by atomic mass is 16.5. The summed E-state index contributed by atoms with van der Waals surface area (Å²) in [7, 11) is 0. The third-order valence-corrected chi connectivity index (χ3v) is 4.49. The molecule has 0 spiro atoms. The molecule has 0 saturated carbocycles. The first-order chi connectivity index (χ1) is 14.0. The number of pyridine rings is 1. The number of H-pyrrole nitrogens is 1. The van der Waals surface area contributed by atoms with E-state index in [9.17, 15) is 0 Å². The Morgan fingerprint density at radius 1 is 0.828 bits per heavy atom. The molecule has 9 N–H and O–H groups in total. The number of imidazole rings is 1. The number of ether oxygens (including phenoxy) is 1. The Morgan fingerprint density at radius 3 is 2.07 bits per heavy atom. The van der Waals surface area contributed by atoms with E-state index >= 15 is 0 Å². The predicted molar refractivity (Wildman–Crippen MR) is 111 cm³/mol. The van der Waals surface area contributed by atoms with E-state index in [2.05, 4.69) is 15.0 Å². The number of rotatable bonds is 6. The maximum Gasteiger partial charge on any atom is 0.270 e. The molecule has 0 bridgehead atoms. The summed E-state index contributed by atoms with van der Waals surface area (Å²) in [5, 5.41) is 11.2. The lowest BCUT2D eigenvalue weighted by atomic mass is 10.1. The second-order valence-corrected chi connectivity index (χ2v) is 6.58. The molecule has 0 atom stereocenters. The zero-order chi connectivity index (χ0) is 20.4. The molecule has 0 saturated heterocycles. The topological polar surface area (TPSA) is 154 Å². The van der Waals surface area contributed by atoms with Gasteiger partial charge in [0, 0.05) is 11.6 Å².